The van der Waals surface area contributed by atoms with Crippen LogP contribution in [-0.2, 0) is 11.0 Å². The first-order valence-electron chi connectivity index (χ1n) is 5.15. The van der Waals surface area contributed by atoms with E-state index in [2.05, 4.69) is 20.3 Å². The lowest BCUT2D eigenvalue weighted by molar-refractivity contribution is 0.414. The molecule has 0 radical (unpaired) electrons. The van der Waals surface area contributed by atoms with Gasteiger partial charge in [-0.05, 0) is 48.8 Å². The van der Waals surface area contributed by atoms with E-state index in [0.29, 0.717) is 5.75 Å². The summed E-state index contributed by atoms with van der Waals surface area (Å²) in [7, 11) is 0.334. The molecule has 1 aromatic carbocycles. The van der Waals surface area contributed by atoms with Crippen LogP contribution in [-0.4, -0.2) is 22.3 Å². The number of halogens is 1. The van der Waals surface area contributed by atoms with E-state index in [-0.39, 0.29) is 4.75 Å². The van der Waals surface area contributed by atoms with Crippen molar-refractivity contribution in [2.45, 2.75) is 25.5 Å². The van der Waals surface area contributed by atoms with E-state index in [1.165, 1.54) is 0 Å². The molecule has 1 aromatic rings. The summed E-state index contributed by atoms with van der Waals surface area (Å²) in [6, 6.07) is 5.61. The van der Waals surface area contributed by atoms with E-state index in [0.717, 1.165) is 10.0 Å². The third-order valence-electron chi connectivity index (χ3n) is 2.03. The Hall–Kier alpha value is -0.680. The Morgan fingerprint density at radius 1 is 1.41 bits per heavy atom. The molecule has 3 nitrogen and oxygen atoms in total. The number of rotatable bonds is 3. The molecule has 0 saturated heterocycles. The minimum atomic E-state index is -1.26. The Balaban J connectivity index is 3.03. The van der Waals surface area contributed by atoms with Crippen LogP contribution in [0.15, 0.2) is 27.1 Å². The van der Waals surface area contributed by atoms with Gasteiger partial charge in [-0.15, -0.1) is 0 Å². The van der Waals surface area contributed by atoms with Crippen molar-refractivity contribution >= 4 is 33.1 Å². The van der Waals surface area contributed by atoms with E-state index < -0.39 is 11.0 Å². The van der Waals surface area contributed by atoms with Crippen LogP contribution in [0.3, 0.4) is 0 Å². The zero-order valence-electron chi connectivity index (χ0n) is 10.4. The van der Waals surface area contributed by atoms with Crippen LogP contribution < -0.4 is 4.74 Å². The van der Waals surface area contributed by atoms with Gasteiger partial charge in [0.25, 0.3) is 0 Å². The van der Waals surface area contributed by atoms with Crippen molar-refractivity contribution in [1.82, 2.24) is 0 Å². The average molecular weight is 318 g/mol. The molecule has 0 aliphatic rings. The highest BCUT2D eigenvalue weighted by molar-refractivity contribution is 9.10. The van der Waals surface area contributed by atoms with E-state index in [1.54, 1.807) is 13.3 Å². The normalized spacial score (nSPS) is 13.9. The molecular weight excluding hydrogens is 302 g/mol. The SMILES string of the molecule is COc1cccc(Br)c1/C=N/[S@@](=O)C(C)(C)C. The van der Waals surface area contributed by atoms with Gasteiger partial charge in [0.05, 0.1) is 11.9 Å². The Labute approximate surface area is 113 Å². The molecule has 0 aliphatic heterocycles. The zero-order chi connectivity index (χ0) is 13.1. The summed E-state index contributed by atoms with van der Waals surface area (Å²) in [4.78, 5) is 0. The van der Waals surface area contributed by atoms with Gasteiger partial charge in [-0.25, -0.2) is 4.21 Å². The van der Waals surface area contributed by atoms with Crippen LogP contribution in [0.25, 0.3) is 0 Å². The molecule has 94 valence electrons. The molecule has 0 bridgehead atoms. The van der Waals surface area contributed by atoms with Crippen LogP contribution >= 0.6 is 15.9 Å². The second kappa shape index (κ2) is 5.78. The molecule has 0 N–H and O–H groups in total. The fourth-order valence-electron chi connectivity index (χ4n) is 1.08. The largest absolute Gasteiger partial charge is 0.496 e. The van der Waals surface area contributed by atoms with Gasteiger partial charge in [-0.3, -0.25) is 0 Å². The van der Waals surface area contributed by atoms with Gasteiger partial charge >= 0.3 is 0 Å². The van der Waals surface area contributed by atoms with Crippen molar-refractivity contribution in [3.63, 3.8) is 0 Å². The summed E-state index contributed by atoms with van der Waals surface area (Å²) in [5.41, 5.74) is 0.799. The van der Waals surface area contributed by atoms with E-state index in [1.807, 2.05) is 39.0 Å². The molecule has 1 rings (SSSR count). The second-order valence-electron chi connectivity index (χ2n) is 4.45. The molecular formula is C12H16BrNO2S. The monoisotopic (exact) mass is 317 g/mol. The smallest absolute Gasteiger partial charge is 0.144 e. The third-order valence-corrected chi connectivity index (χ3v) is 4.07. The van der Waals surface area contributed by atoms with E-state index in [4.69, 9.17) is 4.74 Å². The van der Waals surface area contributed by atoms with Gasteiger partial charge in [-0.1, -0.05) is 6.07 Å². The summed E-state index contributed by atoms with van der Waals surface area (Å²) in [5, 5.41) is 0. The molecule has 0 unspecified atom stereocenters. The zero-order valence-corrected chi connectivity index (χ0v) is 12.8. The summed E-state index contributed by atoms with van der Waals surface area (Å²) in [5.74, 6) is 0.703. The summed E-state index contributed by atoms with van der Waals surface area (Å²) >= 11 is 3.42. The Morgan fingerprint density at radius 3 is 2.59 bits per heavy atom. The molecule has 0 aliphatic carbocycles. The van der Waals surface area contributed by atoms with Gasteiger partial charge in [-0.2, -0.15) is 4.40 Å². The van der Waals surface area contributed by atoms with Crippen LogP contribution in [0.5, 0.6) is 5.75 Å². The van der Waals surface area contributed by atoms with Gasteiger partial charge in [0, 0.05) is 16.3 Å². The van der Waals surface area contributed by atoms with Crippen molar-refractivity contribution in [2.75, 3.05) is 7.11 Å². The Kier molecular flexibility index (Phi) is 4.89. The highest BCUT2D eigenvalue weighted by atomic mass is 79.9. The van der Waals surface area contributed by atoms with E-state index >= 15 is 0 Å². The fraction of sp³-hybridized carbons (Fsp3) is 0.417. The predicted octanol–water partition coefficient (Wildman–Crippen LogP) is 3.34. The fourth-order valence-corrected chi connectivity index (χ4v) is 2.05. The molecule has 1 atom stereocenters. The van der Waals surface area contributed by atoms with Gasteiger partial charge in [0.15, 0.2) is 0 Å². The van der Waals surface area contributed by atoms with Crippen molar-refractivity contribution < 1.29 is 8.95 Å². The topological polar surface area (TPSA) is 38.7 Å². The number of methoxy groups -OCH3 is 1. The quantitative estimate of drug-likeness (QED) is 0.802. The summed E-state index contributed by atoms with van der Waals surface area (Å²) in [6.45, 7) is 5.66. The van der Waals surface area contributed by atoms with Gasteiger partial charge < -0.3 is 4.74 Å². The Bertz CT molecular complexity index is 452. The number of hydrogen-bond donors (Lipinski definition) is 0. The lowest BCUT2D eigenvalue weighted by Gasteiger charge is -2.13. The van der Waals surface area contributed by atoms with Crippen LogP contribution in [0.1, 0.15) is 26.3 Å². The lowest BCUT2D eigenvalue weighted by Crippen LogP contribution is -2.19. The average Bonchev–Trinajstić information content (AvgIpc) is 2.25. The van der Waals surface area contributed by atoms with Gasteiger partial charge in [0.2, 0.25) is 0 Å². The first-order chi connectivity index (χ1) is 7.86. The van der Waals surface area contributed by atoms with Crippen molar-refractivity contribution in [3.8, 4) is 5.75 Å². The number of nitrogens with zero attached hydrogens (tertiary/aromatic N) is 1. The number of hydrogen-bond acceptors (Lipinski definition) is 2. The minimum Gasteiger partial charge on any atom is -0.496 e. The molecule has 0 aromatic heterocycles. The van der Waals surface area contributed by atoms with Crippen LogP contribution in [0.2, 0.25) is 0 Å². The standard InChI is InChI=1S/C12H16BrNO2S/c1-12(2,3)17(15)14-8-9-10(13)6-5-7-11(9)16-4/h5-8H,1-4H3/b14-8+/t17-/m0/s1. The summed E-state index contributed by atoms with van der Waals surface area (Å²) < 4.78 is 21.6. The lowest BCUT2D eigenvalue weighted by atomic mass is 10.2. The first-order valence-corrected chi connectivity index (χ1v) is 7.05. The van der Waals surface area contributed by atoms with Crippen LogP contribution in [0, 0.1) is 0 Å². The molecule has 0 amide bonds. The molecule has 0 spiro atoms. The summed E-state index contributed by atoms with van der Waals surface area (Å²) in [6.07, 6.45) is 1.59. The highest BCUT2D eigenvalue weighted by Gasteiger charge is 2.18. The molecule has 17 heavy (non-hydrogen) atoms. The van der Waals surface area contributed by atoms with Gasteiger partial charge in [0.1, 0.15) is 16.7 Å². The second-order valence-corrected chi connectivity index (χ2v) is 7.24. The van der Waals surface area contributed by atoms with Crippen molar-refractivity contribution in [3.05, 3.63) is 28.2 Å². The third kappa shape index (κ3) is 3.92. The molecule has 0 heterocycles. The molecule has 0 fully saturated rings. The van der Waals surface area contributed by atoms with Crippen molar-refractivity contribution in [1.29, 1.82) is 0 Å². The first kappa shape index (κ1) is 14.4. The van der Waals surface area contributed by atoms with E-state index in [9.17, 15) is 4.21 Å². The Morgan fingerprint density at radius 2 is 2.06 bits per heavy atom. The maximum absolute atomic E-state index is 11.8. The maximum atomic E-state index is 11.8. The predicted molar refractivity (Wildman–Crippen MR) is 76.2 cm³/mol. The number of benzene rings is 1. The molecule has 5 heteroatoms. The molecule has 0 saturated carbocycles. The highest BCUT2D eigenvalue weighted by Crippen LogP contribution is 2.25. The minimum absolute atomic E-state index is 0.356. The van der Waals surface area contributed by atoms with Crippen molar-refractivity contribution in [2.24, 2.45) is 4.40 Å². The maximum Gasteiger partial charge on any atom is 0.144 e. The van der Waals surface area contributed by atoms with Crippen LogP contribution in [0.4, 0.5) is 0 Å². The number of ether oxygens (including phenoxy) is 1.